The van der Waals surface area contributed by atoms with Crippen LogP contribution < -0.4 is 4.74 Å². The van der Waals surface area contributed by atoms with Gasteiger partial charge in [0.25, 0.3) is 0 Å². The van der Waals surface area contributed by atoms with E-state index in [1.54, 1.807) is 7.11 Å². The van der Waals surface area contributed by atoms with E-state index < -0.39 is 0 Å². The fourth-order valence-electron chi connectivity index (χ4n) is 2.02. The van der Waals surface area contributed by atoms with E-state index in [0.717, 1.165) is 16.9 Å². The Morgan fingerprint density at radius 2 is 2.25 bits per heavy atom. The lowest BCUT2D eigenvalue weighted by molar-refractivity contribution is -0.128. The average molecular weight is 220 g/mol. The minimum absolute atomic E-state index is 0.0767. The lowest BCUT2D eigenvalue weighted by Gasteiger charge is -2.23. The second-order valence-electron chi connectivity index (χ2n) is 4.07. The highest BCUT2D eigenvalue weighted by Gasteiger charge is 2.22. The van der Waals surface area contributed by atoms with Crippen molar-refractivity contribution in [2.45, 2.75) is 25.9 Å². The number of carbonyl (C=O) groups excluding carboxylic acids is 1. The van der Waals surface area contributed by atoms with Crippen LogP contribution in [0.2, 0.25) is 0 Å². The van der Waals surface area contributed by atoms with Crippen molar-refractivity contribution in [2.75, 3.05) is 13.7 Å². The number of carbonyl (C=O) groups is 1. The molecule has 0 saturated carbocycles. The van der Waals surface area contributed by atoms with E-state index in [-0.39, 0.29) is 11.9 Å². The lowest BCUT2D eigenvalue weighted by atomic mass is 9.96. The molecule has 1 aliphatic rings. The summed E-state index contributed by atoms with van der Waals surface area (Å²) in [5.74, 6) is 1.12. The van der Waals surface area contributed by atoms with Gasteiger partial charge in [-0.2, -0.15) is 0 Å². The summed E-state index contributed by atoms with van der Waals surface area (Å²) in [7, 11) is 1.65. The molecule has 0 radical (unpaired) electrons. The van der Waals surface area contributed by atoms with Gasteiger partial charge in [0.05, 0.1) is 19.8 Å². The van der Waals surface area contributed by atoms with E-state index in [0.29, 0.717) is 19.4 Å². The van der Waals surface area contributed by atoms with Crippen molar-refractivity contribution in [1.82, 2.24) is 0 Å². The van der Waals surface area contributed by atoms with Crippen molar-refractivity contribution in [3.8, 4) is 5.75 Å². The fraction of sp³-hybridized carbons (Fsp3) is 0.462. The van der Waals surface area contributed by atoms with Crippen molar-refractivity contribution in [3.05, 3.63) is 29.3 Å². The highest BCUT2D eigenvalue weighted by Crippen LogP contribution is 2.30. The van der Waals surface area contributed by atoms with Crippen molar-refractivity contribution >= 4 is 5.78 Å². The molecule has 1 unspecified atom stereocenters. The van der Waals surface area contributed by atoms with Gasteiger partial charge in [-0.05, 0) is 30.2 Å². The minimum atomic E-state index is -0.0767. The molecule has 0 aliphatic carbocycles. The summed E-state index contributed by atoms with van der Waals surface area (Å²) in [6, 6.07) is 5.86. The normalized spacial score (nSPS) is 20.9. The van der Waals surface area contributed by atoms with Gasteiger partial charge in [0.1, 0.15) is 11.5 Å². The maximum Gasteiger partial charge on any atom is 0.138 e. The van der Waals surface area contributed by atoms with Gasteiger partial charge >= 0.3 is 0 Å². The molecule has 1 aromatic carbocycles. The molecule has 16 heavy (non-hydrogen) atoms. The Kier molecular flexibility index (Phi) is 3.25. The largest absolute Gasteiger partial charge is 0.497 e. The minimum Gasteiger partial charge on any atom is -0.497 e. The maximum absolute atomic E-state index is 11.4. The highest BCUT2D eigenvalue weighted by atomic mass is 16.5. The van der Waals surface area contributed by atoms with Gasteiger partial charge in [-0.25, -0.2) is 0 Å². The Hall–Kier alpha value is -1.35. The molecular weight excluding hydrogens is 204 g/mol. The van der Waals surface area contributed by atoms with Crippen LogP contribution in [-0.4, -0.2) is 19.5 Å². The quantitative estimate of drug-likeness (QED) is 0.767. The van der Waals surface area contributed by atoms with Gasteiger partial charge in [0.15, 0.2) is 0 Å². The molecule has 3 heteroatoms. The van der Waals surface area contributed by atoms with Gasteiger partial charge in [-0.3, -0.25) is 4.79 Å². The first-order valence-electron chi connectivity index (χ1n) is 5.48. The van der Waals surface area contributed by atoms with Gasteiger partial charge in [-0.15, -0.1) is 0 Å². The molecule has 1 fully saturated rings. The van der Waals surface area contributed by atoms with Crippen LogP contribution in [0.25, 0.3) is 0 Å². The first-order valence-corrected chi connectivity index (χ1v) is 5.48. The van der Waals surface area contributed by atoms with E-state index in [1.165, 1.54) is 0 Å². The number of ether oxygens (including phenoxy) is 2. The molecule has 1 saturated heterocycles. The Morgan fingerprint density at radius 3 is 2.88 bits per heavy atom. The maximum atomic E-state index is 11.4. The van der Waals surface area contributed by atoms with Crippen LogP contribution in [0.4, 0.5) is 0 Å². The summed E-state index contributed by atoms with van der Waals surface area (Å²) < 4.78 is 10.8. The molecule has 0 spiro atoms. The molecule has 0 bridgehead atoms. The molecule has 1 aromatic rings. The third kappa shape index (κ3) is 2.25. The lowest BCUT2D eigenvalue weighted by Crippen LogP contribution is -2.20. The van der Waals surface area contributed by atoms with Gasteiger partial charge in [0.2, 0.25) is 0 Å². The molecule has 86 valence electrons. The first kappa shape index (κ1) is 11.1. The van der Waals surface area contributed by atoms with E-state index in [1.807, 2.05) is 25.1 Å². The van der Waals surface area contributed by atoms with E-state index >= 15 is 0 Å². The number of hydrogen-bond donors (Lipinski definition) is 0. The van der Waals surface area contributed by atoms with Crippen LogP contribution in [0.5, 0.6) is 5.75 Å². The average Bonchev–Trinajstić information content (AvgIpc) is 2.28. The summed E-state index contributed by atoms with van der Waals surface area (Å²) in [4.78, 5) is 11.4. The number of methoxy groups -OCH3 is 1. The van der Waals surface area contributed by atoms with E-state index in [4.69, 9.17) is 9.47 Å². The van der Waals surface area contributed by atoms with Gasteiger partial charge < -0.3 is 9.47 Å². The standard InChI is InChI=1S/C13H16O3/c1-9-7-11(15-2)3-4-12(9)13-8-10(14)5-6-16-13/h3-4,7,13H,5-6,8H2,1-2H3. The molecule has 1 aliphatic heterocycles. The molecule has 0 N–H and O–H groups in total. The zero-order chi connectivity index (χ0) is 11.5. The second kappa shape index (κ2) is 4.66. The Labute approximate surface area is 95.4 Å². The number of rotatable bonds is 2. The van der Waals surface area contributed by atoms with Gasteiger partial charge in [0, 0.05) is 12.8 Å². The fourth-order valence-corrected chi connectivity index (χ4v) is 2.02. The molecule has 0 amide bonds. The van der Waals surface area contributed by atoms with Crippen molar-refractivity contribution in [2.24, 2.45) is 0 Å². The number of aryl methyl sites for hydroxylation is 1. The van der Waals surface area contributed by atoms with Crippen molar-refractivity contribution in [3.63, 3.8) is 0 Å². The molecular formula is C13H16O3. The van der Waals surface area contributed by atoms with Crippen molar-refractivity contribution < 1.29 is 14.3 Å². The molecule has 3 nitrogen and oxygen atoms in total. The van der Waals surface area contributed by atoms with Crippen LogP contribution in [0.1, 0.15) is 30.1 Å². The zero-order valence-electron chi connectivity index (χ0n) is 9.66. The zero-order valence-corrected chi connectivity index (χ0v) is 9.66. The number of Topliss-reactive ketones (excluding diaryl/α,β-unsaturated/α-hetero) is 1. The summed E-state index contributed by atoms with van der Waals surface area (Å²) in [5.41, 5.74) is 2.20. The smallest absolute Gasteiger partial charge is 0.138 e. The van der Waals surface area contributed by atoms with E-state index in [2.05, 4.69) is 0 Å². The van der Waals surface area contributed by atoms with Gasteiger partial charge in [-0.1, -0.05) is 6.07 Å². The van der Waals surface area contributed by atoms with Crippen LogP contribution in [0.15, 0.2) is 18.2 Å². The number of ketones is 1. The highest BCUT2D eigenvalue weighted by molar-refractivity contribution is 5.79. The molecule has 2 rings (SSSR count). The number of hydrogen-bond acceptors (Lipinski definition) is 3. The predicted molar refractivity (Wildman–Crippen MR) is 60.7 cm³/mol. The third-order valence-corrected chi connectivity index (χ3v) is 2.94. The Morgan fingerprint density at radius 1 is 1.44 bits per heavy atom. The molecule has 1 atom stereocenters. The molecule has 0 aromatic heterocycles. The predicted octanol–water partition coefficient (Wildman–Crippen LogP) is 2.42. The van der Waals surface area contributed by atoms with Crippen LogP contribution in [-0.2, 0) is 9.53 Å². The van der Waals surface area contributed by atoms with Crippen LogP contribution in [0, 0.1) is 6.92 Å². The number of benzene rings is 1. The third-order valence-electron chi connectivity index (χ3n) is 2.94. The first-order chi connectivity index (χ1) is 7.70. The summed E-state index contributed by atoms with van der Waals surface area (Å²) in [6.45, 7) is 2.55. The Balaban J connectivity index is 2.22. The monoisotopic (exact) mass is 220 g/mol. The second-order valence-corrected chi connectivity index (χ2v) is 4.07. The summed E-state index contributed by atoms with van der Waals surface area (Å²) >= 11 is 0. The SMILES string of the molecule is COc1ccc(C2CC(=O)CCO2)c(C)c1. The topological polar surface area (TPSA) is 35.5 Å². The van der Waals surface area contributed by atoms with Crippen LogP contribution >= 0.6 is 0 Å². The summed E-state index contributed by atoms with van der Waals surface area (Å²) in [5, 5.41) is 0. The van der Waals surface area contributed by atoms with Crippen molar-refractivity contribution in [1.29, 1.82) is 0 Å². The summed E-state index contributed by atoms with van der Waals surface area (Å²) in [6.07, 6.45) is 0.964. The van der Waals surface area contributed by atoms with Crippen LogP contribution in [0.3, 0.4) is 0 Å². The Bertz CT molecular complexity index is 398. The van der Waals surface area contributed by atoms with E-state index in [9.17, 15) is 4.79 Å². The molecule has 1 heterocycles.